The molecule has 0 saturated heterocycles. The summed E-state index contributed by atoms with van der Waals surface area (Å²) in [6, 6.07) is 6.83. The molecule has 0 heterocycles. The minimum absolute atomic E-state index is 0.0184. The van der Waals surface area contributed by atoms with Gasteiger partial charge in [-0.25, -0.2) is 0 Å². The van der Waals surface area contributed by atoms with Crippen molar-refractivity contribution in [2.24, 2.45) is 0 Å². The largest absolute Gasteiger partial charge is 0.490 e. The zero-order valence-corrected chi connectivity index (χ0v) is 10.5. The first kappa shape index (κ1) is 14.2. The lowest BCUT2D eigenvalue weighted by molar-refractivity contribution is -0.119. The van der Waals surface area contributed by atoms with Gasteiger partial charge in [-0.3, -0.25) is 9.59 Å². The number of ketones is 1. The summed E-state index contributed by atoms with van der Waals surface area (Å²) in [4.78, 5) is 22.0. The lowest BCUT2D eigenvalue weighted by Gasteiger charge is -2.14. The number of ether oxygens (including phenoxy) is 1. The van der Waals surface area contributed by atoms with Crippen molar-refractivity contribution in [2.75, 3.05) is 13.2 Å². The van der Waals surface area contributed by atoms with E-state index in [0.717, 1.165) is 0 Å². The molecule has 1 amide bonds. The van der Waals surface area contributed by atoms with Crippen LogP contribution in [0.3, 0.4) is 0 Å². The number of para-hydroxylation sites is 1. The van der Waals surface area contributed by atoms with Crippen LogP contribution in [0.1, 0.15) is 24.2 Å². The van der Waals surface area contributed by atoms with Crippen LogP contribution < -0.4 is 10.1 Å². The van der Waals surface area contributed by atoms with E-state index in [4.69, 9.17) is 4.74 Å². The van der Waals surface area contributed by atoms with Crippen LogP contribution in [0.15, 0.2) is 24.3 Å². The number of carbonyl (C=O) groups is 2. The first-order valence-electron chi connectivity index (χ1n) is 5.66. The molecule has 98 valence electrons. The summed E-state index contributed by atoms with van der Waals surface area (Å²) in [5, 5.41) is 12.0. The molecular weight excluding hydrogens is 234 g/mol. The Labute approximate surface area is 106 Å². The predicted octanol–water partition coefficient (Wildman–Crippen LogP) is 0.765. The molecule has 1 rings (SSSR count). The van der Waals surface area contributed by atoms with Crippen molar-refractivity contribution >= 4 is 11.7 Å². The molecule has 0 aliphatic heterocycles. The Morgan fingerprint density at radius 3 is 2.61 bits per heavy atom. The maximum Gasteiger partial charge on any atom is 0.216 e. The average molecular weight is 251 g/mol. The number of benzene rings is 1. The Morgan fingerprint density at radius 2 is 2.00 bits per heavy atom. The van der Waals surface area contributed by atoms with Crippen LogP contribution in [0, 0.1) is 0 Å². The molecule has 0 bridgehead atoms. The molecule has 0 aliphatic rings. The Balaban J connectivity index is 2.53. The fourth-order valence-electron chi connectivity index (χ4n) is 1.39. The van der Waals surface area contributed by atoms with Crippen LogP contribution in [-0.2, 0) is 4.79 Å². The van der Waals surface area contributed by atoms with Crippen molar-refractivity contribution in [3.05, 3.63) is 29.8 Å². The van der Waals surface area contributed by atoms with Gasteiger partial charge in [0.2, 0.25) is 5.91 Å². The molecule has 5 nitrogen and oxygen atoms in total. The Kier molecular flexibility index (Phi) is 5.32. The normalized spacial score (nSPS) is 11.7. The molecule has 1 aromatic rings. The molecule has 5 heteroatoms. The van der Waals surface area contributed by atoms with Gasteiger partial charge in [0.25, 0.3) is 0 Å². The first-order valence-corrected chi connectivity index (χ1v) is 5.66. The molecule has 0 unspecified atom stereocenters. The van der Waals surface area contributed by atoms with Crippen LogP contribution in [0.4, 0.5) is 0 Å². The van der Waals surface area contributed by atoms with Crippen molar-refractivity contribution < 1.29 is 19.4 Å². The van der Waals surface area contributed by atoms with Gasteiger partial charge in [0.05, 0.1) is 5.56 Å². The number of carbonyl (C=O) groups excluding carboxylic acids is 2. The van der Waals surface area contributed by atoms with Crippen LogP contribution in [0.5, 0.6) is 5.75 Å². The number of rotatable bonds is 6. The minimum atomic E-state index is -0.811. The molecule has 0 saturated carbocycles. The van der Waals surface area contributed by atoms with E-state index >= 15 is 0 Å². The first-order chi connectivity index (χ1) is 8.50. The van der Waals surface area contributed by atoms with Crippen molar-refractivity contribution in [3.8, 4) is 5.75 Å². The van der Waals surface area contributed by atoms with Crippen molar-refractivity contribution in [1.29, 1.82) is 0 Å². The summed E-state index contributed by atoms with van der Waals surface area (Å²) < 4.78 is 5.37. The summed E-state index contributed by atoms with van der Waals surface area (Å²) >= 11 is 0. The second-order valence-corrected chi connectivity index (χ2v) is 3.95. The maximum absolute atomic E-state index is 11.3. The molecule has 2 N–H and O–H groups in total. The molecule has 0 aliphatic carbocycles. The standard InChI is InChI=1S/C13H17NO4/c1-9(15)12-5-3-4-6-13(12)18-8-11(17)7-14-10(2)16/h3-6,11,17H,7-8H2,1-2H3,(H,14,16)/t11-/m1/s1. The van der Waals surface area contributed by atoms with Crippen molar-refractivity contribution in [3.63, 3.8) is 0 Å². The fraction of sp³-hybridized carbons (Fsp3) is 0.385. The second-order valence-electron chi connectivity index (χ2n) is 3.95. The average Bonchev–Trinajstić information content (AvgIpc) is 2.34. The van der Waals surface area contributed by atoms with Gasteiger partial charge < -0.3 is 15.2 Å². The van der Waals surface area contributed by atoms with E-state index in [1.165, 1.54) is 13.8 Å². The van der Waals surface area contributed by atoms with Gasteiger partial charge in [-0.05, 0) is 19.1 Å². The van der Waals surface area contributed by atoms with Crippen LogP contribution in [0.2, 0.25) is 0 Å². The number of hydrogen-bond acceptors (Lipinski definition) is 4. The van der Waals surface area contributed by atoms with Gasteiger partial charge in [-0.1, -0.05) is 12.1 Å². The zero-order valence-electron chi connectivity index (χ0n) is 10.5. The number of aliphatic hydroxyl groups is 1. The molecule has 1 aromatic carbocycles. The van der Waals surface area contributed by atoms with Gasteiger partial charge in [0, 0.05) is 13.5 Å². The summed E-state index contributed by atoms with van der Waals surface area (Å²) in [6.45, 7) is 2.97. The predicted molar refractivity (Wildman–Crippen MR) is 66.6 cm³/mol. The fourth-order valence-corrected chi connectivity index (χ4v) is 1.39. The third kappa shape index (κ3) is 4.55. The van der Waals surface area contributed by atoms with Gasteiger partial charge in [-0.2, -0.15) is 0 Å². The van der Waals surface area contributed by atoms with Gasteiger partial charge in [0.1, 0.15) is 18.5 Å². The Morgan fingerprint density at radius 1 is 1.33 bits per heavy atom. The highest BCUT2D eigenvalue weighted by Crippen LogP contribution is 2.18. The van der Waals surface area contributed by atoms with Crippen molar-refractivity contribution in [1.82, 2.24) is 5.32 Å². The topological polar surface area (TPSA) is 75.6 Å². The quantitative estimate of drug-likeness (QED) is 0.732. The van der Waals surface area contributed by atoms with E-state index in [2.05, 4.69) is 5.32 Å². The number of nitrogens with one attached hydrogen (secondary N) is 1. The number of aliphatic hydroxyl groups excluding tert-OH is 1. The minimum Gasteiger partial charge on any atom is -0.490 e. The molecule has 0 radical (unpaired) electrons. The molecule has 0 spiro atoms. The third-order valence-electron chi connectivity index (χ3n) is 2.28. The van der Waals surface area contributed by atoms with Gasteiger partial charge in [-0.15, -0.1) is 0 Å². The highest BCUT2D eigenvalue weighted by molar-refractivity contribution is 5.96. The van der Waals surface area contributed by atoms with E-state index in [9.17, 15) is 14.7 Å². The molecule has 1 atom stereocenters. The highest BCUT2D eigenvalue weighted by Gasteiger charge is 2.10. The summed E-state index contributed by atoms with van der Waals surface area (Å²) in [7, 11) is 0. The second kappa shape index (κ2) is 6.76. The number of hydrogen-bond donors (Lipinski definition) is 2. The van der Waals surface area contributed by atoms with Crippen molar-refractivity contribution in [2.45, 2.75) is 20.0 Å². The smallest absolute Gasteiger partial charge is 0.216 e. The Bertz CT molecular complexity index is 431. The van der Waals surface area contributed by atoms with E-state index < -0.39 is 6.10 Å². The summed E-state index contributed by atoms with van der Waals surface area (Å²) in [5.74, 6) is 0.131. The van der Waals surface area contributed by atoms with Gasteiger partial charge >= 0.3 is 0 Å². The maximum atomic E-state index is 11.3. The van der Waals surface area contributed by atoms with E-state index in [0.29, 0.717) is 11.3 Å². The molecule has 18 heavy (non-hydrogen) atoms. The molecule has 0 aromatic heterocycles. The van der Waals surface area contributed by atoms with Gasteiger partial charge in [0.15, 0.2) is 5.78 Å². The SMILES string of the molecule is CC(=O)NC[C@@H](O)COc1ccccc1C(C)=O. The molecular formula is C13H17NO4. The van der Waals surface area contributed by atoms with E-state index in [1.54, 1.807) is 24.3 Å². The van der Waals surface area contributed by atoms with E-state index in [-0.39, 0.29) is 24.8 Å². The third-order valence-corrected chi connectivity index (χ3v) is 2.28. The summed E-state index contributed by atoms with van der Waals surface area (Å²) in [6.07, 6.45) is -0.811. The summed E-state index contributed by atoms with van der Waals surface area (Å²) in [5.41, 5.74) is 0.476. The van der Waals surface area contributed by atoms with Crippen LogP contribution in [-0.4, -0.2) is 36.1 Å². The highest BCUT2D eigenvalue weighted by atomic mass is 16.5. The monoisotopic (exact) mass is 251 g/mol. The lowest BCUT2D eigenvalue weighted by atomic mass is 10.1. The van der Waals surface area contributed by atoms with Crippen LogP contribution in [0.25, 0.3) is 0 Å². The van der Waals surface area contributed by atoms with Crippen LogP contribution >= 0.6 is 0 Å². The zero-order chi connectivity index (χ0) is 13.5. The molecule has 0 fully saturated rings. The van der Waals surface area contributed by atoms with E-state index in [1.807, 2.05) is 0 Å². The number of amides is 1. The Hall–Kier alpha value is -1.88. The lowest BCUT2D eigenvalue weighted by Crippen LogP contribution is -2.34. The number of Topliss-reactive ketones (excluding diaryl/α,β-unsaturated/α-hetero) is 1.